The van der Waals surface area contributed by atoms with Crippen molar-refractivity contribution in [1.82, 2.24) is 0 Å². The Labute approximate surface area is 80.1 Å². The van der Waals surface area contributed by atoms with Crippen LogP contribution in [-0.4, -0.2) is 18.2 Å². The monoisotopic (exact) mass is 199 g/mol. The molecule has 0 spiro atoms. The van der Waals surface area contributed by atoms with Crippen LogP contribution in [-0.2, 0) is 9.53 Å². The van der Waals surface area contributed by atoms with E-state index in [4.69, 9.17) is 5.73 Å². The van der Waals surface area contributed by atoms with Crippen molar-refractivity contribution in [3.8, 4) is 5.75 Å². The maximum atomic E-state index is 12.8. The Morgan fingerprint density at radius 1 is 1.64 bits per heavy atom. The molecule has 3 N–H and O–H groups in total. The van der Waals surface area contributed by atoms with Crippen LogP contribution >= 0.6 is 0 Å². The van der Waals surface area contributed by atoms with Gasteiger partial charge < -0.3 is 15.6 Å². The lowest BCUT2D eigenvalue weighted by molar-refractivity contribution is -0.142. The second-order valence-corrected chi connectivity index (χ2v) is 2.68. The minimum Gasteiger partial charge on any atom is -0.505 e. The molecule has 0 fully saturated rings. The molecule has 1 atom stereocenters. The van der Waals surface area contributed by atoms with Crippen molar-refractivity contribution >= 4 is 5.97 Å². The van der Waals surface area contributed by atoms with Gasteiger partial charge in [0.25, 0.3) is 0 Å². The molecular weight excluding hydrogens is 189 g/mol. The maximum absolute atomic E-state index is 12.8. The summed E-state index contributed by atoms with van der Waals surface area (Å²) in [6.07, 6.45) is 0. The molecule has 1 aromatic carbocycles. The molecule has 0 aliphatic heterocycles. The highest BCUT2D eigenvalue weighted by Crippen LogP contribution is 2.25. The summed E-state index contributed by atoms with van der Waals surface area (Å²) in [5.41, 5.74) is 5.43. The normalized spacial score (nSPS) is 12.2. The highest BCUT2D eigenvalue weighted by Gasteiger charge is 2.21. The van der Waals surface area contributed by atoms with E-state index in [1.165, 1.54) is 19.2 Å². The molecule has 0 saturated carbocycles. The molecule has 0 aliphatic rings. The summed E-state index contributed by atoms with van der Waals surface area (Å²) in [7, 11) is 1.17. The van der Waals surface area contributed by atoms with E-state index in [9.17, 15) is 14.3 Å². The van der Waals surface area contributed by atoms with Crippen LogP contribution in [0.4, 0.5) is 4.39 Å². The zero-order valence-corrected chi connectivity index (χ0v) is 7.53. The maximum Gasteiger partial charge on any atom is 0.327 e. The number of methoxy groups -OCH3 is 1. The van der Waals surface area contributed by atoms with Gasteiger partial charge in [0.2, 0.25) is 0 Å². The van der Waals surface area contributed by atoms with Gasteiger partial charge >= 0.3 is 5.97 Å². The molecule has 0 aliphatic carbocycles. The molecule has 1 rings (SSSR count). The van der Waals surface area contributed by atoms with E-state index in [-0.39, 0.29) is 5.56 Å². The van der Waals surface area contributed by atoms with Gasteiger partial charge in [0.05, 0.1) is 7.11 Å². The Morgan fingerprint density at radius 2 is 2.29 bits per heavy atom. The average Bonchev–Trinajstić information content (AvgIpc) is 2.20. The van der Waals surface area contributed by atoms with Gasteiger partial charge in [-0.1, -0.05) is 12.1 Å². The first kappa shape index (κ1) is 10.5. The van der Waals surface area contributed by atoms with E-state index >= 15 is 0 Å². The number of phenols is 1. The minimum absolute atomic E-state index is 0.0110. The Balaban J connectivity index is 3.07. The molecule has 0 amide bonds. The fourth-order valence-electron chi connectivity index (χ4n) is 1.04. The first-order chi connectivity index (χ1) is 6.57. The highest BCUT2D eigenvalue weighted by atomic mass is 19.1. The molecule has 14 heavy (non-hydrogen) atoms. The Hall–Kier alpha value is -1.62. The standard InChI is InChI=1S/C9H10FNO3/c1-14-9(13)7(11)5-3-2-4-6(10)8(5)12/h2-4,7,12H,11H2,1H3. The number of hydrogen-bond donors (Lipinski definition) is 2. The Morgan fingerprint density at radius 3 is 2.86 bits per heavy atom. The van der Waals surface area contributed by atoms with Gasteiger partial charge in [-0.05, 0) is 6.07 Å². The summed E-state index contributed by atoms with van der Waals surface area (Å²) < 4.78 is 17.2. The van der Waals surface area contributed by atoms with Crippen LogP contribution in [0.3, 0.4) is 0 Å². The SMILES string of the molecule is COC(=O)C(N)c1cccc(F)c1O. The van der Waals surface area contributed by atoms with Crippen LogP contribution in [0, 0.1) is 5.82 Å². The van der Waals surface area contributed by atoms with Crippen LogP contribution in [0.2, 0.25) is 0 Å². The van der Waals surface area contributed by atoms with Crippen molar-refractivity contribution in [2.45, 2.75) is 6.04 Å². The number of carbonyl (C=O) groups excluding carboxylic acids is 1. The minimum atomic E-state index is -1.17. The van der Waals surface area contributed by atoms with Crippen molar-refractivity contribution in [2.75, 3.05) is 7.11 Å². The second-order valence-electron chi connectivity index (χ2n) is 2.68. The predicted octanol–water partition coefficient (Wildman–Crippen LogP) is 0.704. The van der Waals surface area contributed by atoms with E-state index in [1.807, 2.05) is 0 Å². The van der Waals surface area contributed by atoms with Crippen molar-refractivity contribution < 1.29 is 19.0 Å². The summed E-state index contributed by atoms with van der Waals surface area (Å²) in [5, 5.41) is 9.25. The van der Waals surface area contributed by atoms with Crippen molar-refractivity contribution in [3.63, 3.8) is 0 Å². The highest BCUT2D eigenvalue weighted by molar-refractivity contribution is 5.78. The molecule has 1 unspecified atom stereocenters. The largest absolute Gasteiger partial charge is 0.505 e. The van der Waals surface area contributed by atoms with E-state index in [2.05, 4.69) is 4.74 Å². The quantitative estimate of drug-likeness (QED) is 0.688. The number of carbonyl (C=O) groups is 1. The number of hydrogen-bond acceptors (Lipinski definition) is 4. The van der Waals surface area contributed by atoms with Crippen LogP contribution in [0.5, 0.6) is 5.75 Å². The fourth-order valence-corrected chi connectivity index (χ4v) is 1.04. The van der Waals surface area contributed by atoms with Gasteiger partial charge in [0.1, 0.15) is 6.04 Å². The van der Waals surface area contributed by atoms with Gasteiger partial charge in [-0.15, -0.1) is 0 Å². The van der Waals surface area contributed by atoms with Gasteiger partial charge in [-0.25, -0.2) is 4.39 Å². The third-order valence-corrected chi connectivity index (χ3v) is 1.81. The number of phenolic OH excluding ortho intramolecular Hbond substituents is 1. The van der Waals surface area contributed by atoms with Crippen LogP contribution < -0.4 is 5.73 Å². The number of aromatic hydroxyl groups is 1. The summed E-state index contributed by atoms with van der Waals surface area (Å²) in [6.45, 7) is 0. The fraction of sp³-hybridized carbons (Fsp3) is 0.222. The zero-order chi connectivity index (χ0) is 10.7. The lowest BCUT2D eigenvalue weighted by Gasteiger charge is -2.11. The molecule has 1 aromatic rings. The Bertz CT molecular complexity index is 354. The number of benzene rings is 1. The van der Waals surface area contributed by atoms with Crippen molar-refractivity contribution in [2.24, 2.45) is 5.73 Å². The van der Waals surface area contributed by atoms with Gasteiger partial charge in [0.15, 0.2) is 11.6 Å². The first-order valence-corrected chi connectivity index (χ1v) is 3.88. The van der Waals surface area contributed by atoms with Crippen molar-refractivity contribution in [1.29, 1.82) is 0 Å². The Kier molecular flexibility index (Phi) is 3.03. The smallest absolute Gasteiger partial charge is 0.327 e. The molecule has 0 saturated heterocycles. The number of halogens is 1. The lowest BCUT2D eigenvalue weighted by atomic mass is 10.1. The average molecular weight is 199 g/mol. The molecular formula is C9H10FNO3. The summed E-state index contributed by atoms with van der Waals surface area (Å²) in [4.78, 5) is 11.0. The third-order valence-electron chi connectivity index (χ3n) is 1.81. The van der Waals surface area contributed by atoms with Crippen LogP contribution in [0.1, 0.15) is 11.6 Å². The number of ether oxygens (including phenoxy) is 1. The van der Waals surface area contributed by atoms with E-state index < -0.39 is 23.6 Å². The molecule has 0 aromatic heterocycles. The molecule has 0 heterocycles. The predicted molar refractivity (Wildman–Crippen MR) is 47.0 cm³/mol. The number of esters is 1. The van der Waals surface area contributed by atoms with Gasteiger partial charge in [-0.2, -0.15) is 0 Å². The van der Waals surface area contributed by atoms with E-state index in [0.717, 1.165) is 6.07 Å². The summed E-state index contributed by atoms with van der Waals surface area (Å²) in [6, 6.07) is 2.62. The molecule has 4 nitrogen and oxygen atoms in total. The summed E-state index contributed by atoms with van der Waals surface area (Å²) in [5.74, 6) is -2.17. The molecule has 0 radical (unpaired) electrons. The number of nitrogens with two attached hydrogens (primary N) is 1. The second kappa shape index (κ2) is 4.06. The topological polar surface area (TPSA) is 72.5 Å². The lowest BCUT2D eigenvalue weighted by Crippen LogP contribution is -2.22. The van der Waals surface area contributed by atoms with E-state index in [0.29, 0.717) is 0 Å². The van der Waals surface area contributed by atoms with Crippen LogP contribution in [0.15, 0.2) is 18.2 Å². The molecule has 76 valence electrons. The zero-order valence-electron chi connectivity index (χ0n) is 7.53. The third kappa shape index (κ3) is 1.82. The number of para-hydroxylation sites is 1. The van der Waals surface area contributed by atoms with Gasteiger partial charge in [0, 0.05) is 5.56 Å². The van der Waals surface area contributed by atoms with Crippen LogP contribution in [0.25, 0.3) is 0 Å². The first-order valence-electron chi connectivity index (χ1n) is 3.88. The van der Waals surface area contributed by atoms with E-state index in [1.54, 1.807) is 0 Å². The number of rotatable bonds is 2. The van der Waals surface area contributed by atoms with Crippen molar-refractivity contribution in [3.05, 3.63) is 29.6 Å². The summed E-state index contributed by atoms with van der Waals surface area (Å²) >= 11 is 0. The van der Waals surface area contributed by atoms with Gasteiger partial charge in [-0.3, -0.25) is 4.79 Å². The molecule has 5 heteroatoms. The molecule has 0 bridgehead atoms.